The van der Waals surface area contributed by atoms with Crippen molar-refractivity contribution >= 4 is 28.9 Å². The molecule has 1 unspecified atom stereocenters. The minimum absolute atomic E-state index is 0.0979. The van der Waals surface area contributed by atoms with Crippen molar-refractivity contribution in [2.75, 3.05) is 13.7 Å². The maximum Gasteiger partial charge on any atom is 0.410 e. The number of piperidine rings is 1. The molecule has 2 aromatic carbocycles. The van der Waals surface area contributed by atoms with Crippen molar-refractivity contribution < 1.29 is 23.9 Å². The molecule has 0 spiro atoms. The van der Waals surface area contributed by atoms with E-state index in [1.165, 1.54) is 7.11 Å². The maximum atomic E-state index is 13.7. The molecule has 12 heteroatoms. The molecule has 2 saturated heterocycles. The van der Waals surface area contributed by atoms with Crippen LogP contribution in [0, 0.1) is 29.6 Å². The first-order valence-electron chi connectivity index (χ1n) is 18.1. The molecule has 4 heterocycles. The third kappa shape index (κ3) is 7.22. The van der Waals surface area contributed by atoms with E-state index in [0.717, 1.165) is 52.7 Å². The van der Waals surface area contributed by atoms with Crippen LogP contribution in [0.25, 0.3) is 22.0 Å². The first-order valence-corrected chi connectivity index (χ1v) is 18.1. The van der Waals surface area contributed by atoms with Gasteiger partial charge in [0.1, 0.15) is 29.0 Å². The normalized spacial score (nSPS) is 22.9. The number of carbonyl (C=O) groups excluding carboxylic acids is 3. The van der Waals surface area contributed by atoms with Crippen molar-refractivity contribution in [3.63, 3.8) is 0 Å². The quantitative estimate of drug-likeness (QED) is 0.189. The second-order valence-corrected chi connectivity index (χ2v) is 15.8. The number of rotatable bonds is 6. The number of H-pyrrole nitrogens is 2. The number of aromatic amines is 2. The van der Waals surface area contributed by atoms with Crippen LogP contribution in [-0.4, -0.2) is 79.2 Å². The van der Waals surface area contributed by atoms with E-state index in [0.29, 0.717) is 29.9 Å². The van der Waals surface area contributed by atoms with E-state index in [1.807, 2.05) is 51.8 Å². The summed E-state index contributed by atoms with van der Waals surface area (Å²) in [7, 11) is 1.30. The minimum Gasteiger partial charge on any atom is -0.453 e. The number of fused-ring (bicyclic) bond motifs is 2. The number of amides is 3. The van der Waals surface area contributed by atoms with Crippen LogP contribution in [-0.2, 0) is 14.3 Å². The Morgan fingerprint density at radius 2 is 1.77 bits per heavy atom. The number of ether oxygens (including phenoxy) is 2. The predicted octanol–water partition coefficient (Wildman–Crippen LogP) is 6.71. The molecule has 3 amide bonds. The molecule has 4 aromatic rings. The molecule has 1 aliphatic carbocycles. The second-order valence-electron chi connectivity index (χ2n) is 15.8. The maximum absolute atomic E-state index is 13.7. The highest BCUT2D eigenvalue weighted by Gasteiger charge is 2.56. The standard InChI is InChI=1S/C40H47N7O5/c1-22(2)34(45-38(49)51-7)37(48)47-31-17-28(31)18-33(47)36-41-19-29(43-36)13-9-24-8-10-26-16-27(12-11-25(26)15-24)30-20-42-35(44-30)32-14-23(3)21-46(32)39(50)52-40(4,5)6/h8,10-12,15-16,19-20,22-23,28,31-34H,14,17-18,21H2,1-7H3,(H,41,43)(H,42,44)(H,45,49)/t23-,28?,31-,32+,33+,34+/m1/s1. The molecule has 0 bridgehead atoms. The smallest absolute Gasteiger partial charge is 0.410 e. The Morgan fingerprint density at radius 3 is 2.52 bits per heavy atom. The Bertz CT molecular complexity index is 2070. The summed E-state index contributed by atoms with van der Waals surface area (Å²) in [5, 5.41) is 4.84. The number of hydrogen-bond acceptors (Lipinski definition) is 7. The van der Waals surface area contributed by atoms with Gasteiger partial charge in [0.25, 0.3) is 0 Å². The average molecular weight is 706 g/mol. The number of methoxy groups -OCH3 is 1. The van der Waals surface area contributed by atoms with Gasteiger partial charge in [0, 0.05) is 29.9 Å². The van der Waals surface area contributed by atoms with Gasteiger partial charge in [-0.15, -0.1) is 0 Å². The number of hydrogen-bond donors (Lipinski definition) is 3. The van der Waals surface area contributed by atoms with E-state index in [-0.39, 0.29) is 36.0 Å². The number of nitrogens with zero attached hydrogens (tertiary/aromatic N) is 4. The van der Waals surface area contributed by atoms with Gasteiger partial charge in [0.15, 0.2) is 0 Å². The molecule has 52 heavy (non-hydrogen) atoms. The number of likely N-dealkylation sites (tertiary alicyclic amines) is 2. The molecule has 3 aliphatic rings. The van der Waals surface area contributed by atoms with Crippen molar-refractivity contribution in [3.05, 3.63) is 71.7 Å². The zero-order chi connectivity index (χ0) is 36.9. The second kappa shape index (κ2) is 13.7. The summed E-state index contributed by atoms with van der Waals surface area (Å²) < 4.78 is 10.5. The van der Waals surface area contributed by atoms with Gasteiger partial charge in [-0.05, 0) is 92.7 Å². The lowest BCUT2D eigenvalue weighted by Gasteiger charge is -2.31. The van der Waals surface area contributed by atoms with Gasteiger partial charge in [0.2, 0.25) is 5.91 Å². The number of alkyl carbamates (subject to hydrolysis) is 1. The van der Waals surface area contributed by atoms with Gasteiger partial charge >= 0.3 is 12.2 Å². The van der Waals surface area contributed by atoms with Gasteiger partial charge in [-0.2, -0.15) is 0 Å². The Morgan fingerprint density at radius 1 is 1.00 bits per heavy atom. The van der Waals surface area contributed by atoms with Crippen molar-refractivity contribution in [1.29, 1.82) is 0 Å². The fraction of sp³-hybridized carbons (Fsp3) is 0.475. The number of aromatic nitrogens is 4. The highest BCUT2D eigenvalue weighted by atomic mass is 16.6. The molecule has 2 aliphatic heterocycles. The first-order chi connectivity index (χ1) is 24.8. The van der Waals surface area contributed by atoms with E-state index in [4.69, 9.17) is 14.5 Å². The van der Waals surface area contributed by atoms with Crippen molar-refractivity contribution in [1.82, 2.24) is 35.1 Å². The van der Waals surface area contributed by atoms with Crippen LogP contribution in [0.5, 0.6) is 0 Å². The van der Waals surface area contributed by atoms with E-state index in [2.05, 4.69) is 69.4 Å². The number of benzene rings is 2. The largest absolute Gasteiger partial charge is 0.453 e. The third-order valence-electron chi connectivity index (χ3n) is 10.2. The van der Waals surface area contributed by atoms with Crippen LogP contribution < -0.4 is 5.32 Å². The van der Waals surface area contributed by atoms with Crippen LogP contribution in [0.2, 0.25) is 0 Å². The SMILES string of the molecule is COC(=O)N[C@H](C(=O)N1[C@@H]2CC2C[C@H]1c1nc(C#Cc2ccc3cc(-c4cnc([C@@H]5C[C@@H](C)CN5C(=O)OC(C)(C)C)[nH]4)ccc3c2)c[nH]1)C(C)C. The molecule has 2 aromatic heterocycles. The fourth-order valence-electron chi connectivity index (χ4n) is 7.56. The van der Waals surface area contributed by atoms with Crippen LogP contribution in [0.1, 0.15) is 95.8 Å². The highest BCUT2D eigenvalue weighted by molar-refractivity contribution is 5.88. The lowest BCUT2D eigenvalue weighted by atomic mass is 10.0. The number of imidazole rings is 2. The summed E-state index contributed by atoms with van der Waals surface area (Å²) in [6, 6.07) is 11.5. The van der Waals surface area contributed by atoms with Crippen LogP contribution in [0.4, 0.5) is 9.59 Å². The van der Waals surface area contributed by atoms with Gasteiger partial charge in [-0.3, -0.25) is 9.69 Å². The first kappa shape index (κ1) is 35.1. The molecule has 6 atom stereocenters. The van der Waals surface area contributed by atoms with Gasteiger partial charge in [-0.25, -0.2) is 19.6 Å². The molecule has 1 saturated carbocycles. The lowest BCUT2D eigenvalue weighted by Crippen LogP contribution is -2.52. The third-order valence-corrected chi connectivity index (χ3v) is 10.2. The van der Waals surface area contributed by atoms with Gasteiger partial charge in [0.05, 0.1) is 31.1 Å². The average Bonchev–Trinajstić information content (AvgIpc) is 3.58. The van der Waals surface area contributed by atoms with Crippen LogP contribution in [0.3, 0.4) is 0 Å². The summed E-state index contributed by atoms with van der Waals surface area (Å²) in [5.41, 5.74) is 2.79. The molecule has 0 radical (unpaired) electrons. The van der Waals surface area contributed by atoms with E-state index >= 15 is 0 Å². The summed E-state index contributed by atoms with van der Waals surface area (Å²) in [6.07, 6.45) is 5.31. The Labute approximate surface area is 304 Å². The Hall–Kier alpha value is -5.31. The molecule has 12 nitrogen and oxygen atoms in total. The number of nitrogens with one attached hydrogen (secondary N) is 3. The molecule has 272 valence electrons. The number of carbonyl (C=O) groups is 3. The molecule has 3 fully saturated rings. The summed E-state index contributed by atoms with van der Waals surface area (Å²) in [4.78, 5) is 58.5. The van der Waals surface area contributed by atoms with Crippen molar-refractivity contribution in [2.45, 2.75) is 90.6 Å². The summed E-state index contributed by atoms with van der Waals surface area (Å²) in [6.45, 7) is 12.2. The topological polar surface area (TPSA) is 146 Å². The molecule has 3 N–H and O–H groups in total. The molecular formula is C40H47N7O5. The molecular weight excluding hydrogens is 658 g/mol. The van der Waals surface area contributed by atoms with Crippen molar-refractivity contribution in [3.8, 4) is 23.1 Å². The summed E-state index contributed by atoms with van der Waals surface area (Å²) >= 11 is 0. The Kier molecular flexibility index (Phi) is 9.23. The monoisotopic (exact) mass is 705 g/mol. The van der Waals surface area contributed by atoms with E-state index < -0.39 is 17.7 Å². The highest BCUT2D eigenvalue weighted by Crippen LogP contribution is 2.53. The van der Waals surface area contributed by atoms with Crippen LogP contribution >= 0.6 is 0 Å². The fourth-order valence-corrected chi connectivity index (χ4v) is 7.56. The van der Waals surface area contributed by atoms with Gasteiger partial charge < -0.3 is 29.7 Å². The predicted molar refractivity (Wildman–Crippen MR) is 196 cm³/mol. The zero-order valence-corrected chi connectivity index (χ0v) is 30.8. The Balaban J connectivity index is 1.04. The zero-order valence-electron chi connectivity index (χ0n) is 30.8. The van der Waals surface area contributed by atoms with Crippen molar-refractivity contribution in [2.24, 2.45) is 17.8 Å². The van der Waals surface area contributed by atoms with Crippen LogP contribution in [0.15, 0.2) is 48.8 Å². The minimum atomic E-state index is -0.679. The lowest BCUT2D eigenvalue weighted by molar-refractivity contribution is -0.136. The van der Waals surface area contributed by atoms with E-state index in [9.17, 15) is 14.4 Å². The van der Waals surface area contributed by atoms with Gasteiger partial charge in [-0.1, -0.05) is 44.9 Å². The molecule has 7 rings (SSSR count). The summed E-state index contributed by atoms with van der Waals surface area (Å²) in [5.74, 6) is 8.48. The van der Waals surface area contributed by atoms with E-state index in [1.54, 1.807) is 11.1 Å².